The Balaban J connectivity index is 0.000000193. The van der Waals surface area contributed by atoms with Gasteiger partial charge in [-0.25, -0.2) is 0 Å². The first-order valence-corrected chi connectivity index (χ1v) is 17.8. The van der Waals surface area contributed by atoms with Gasteiger partial charge in [-0.05, 0) is 56.7 Å². The Morgan fingerprint density at radius 2 is 1.63 bits per heavy atom. The van der Waals surface area contributed by atoms with Gasteiger partial charge < -0.3 is 16.2 Å². The van der Waals surface area contributed by atoms with Crippen molar-refractivity contribution < 1.29 is 41.4 Å². The number of anilines is 1. The number of benzene rings is 2. The zero-order valence-corrected chi connectivity index (χ0v) is 27.3. The van der Waals surface area contributed by atoms with Crippen LogP contribution in [0.1, 0.15) is 68.2 Å². The van der Waals surface area contributed by atoms with Gasteiger partial charge in [-0.15, -0.1) is 21.2 Å². The van der Waals surface area contributed by atoms with Crippen LogP contribution in [0, 0.1) is 51.6 Å². The largest absolute Gasteiger partial charge is 0.507 e. The van der Waals surface area contributed by atoms with Crippen LogP contribution in [0.5, 0.6) is 5.75 Å². The van der Waals surface area contributed by atoms with E-state index in [1.54, 1.807) is 0 Å². The molecule has 7 rings (SSSR count). The van der Waals surface area contributed by atoms with Crippen molar-refractivity contribution in [2.75, 3.05) is 18.0 Å². The average molecular weight is 673 g/mol. The quantitative estimate of drug-likeness (QED) is 0.190. The monoisotopic (exact) mass is 673 g/mol. The van der Waals surface area contributed by atoms with Gasteiger partial charge in [0.2, 0.25) is 0 Å². The second-order valence-electron chi connectivity index (χ2n) is 12.3. The van der Waals surface area contributed by atoms with Crippen molar-refractivity contribution in [3.63, 3.8) is 0 Å². The van der Waals surface area contributed by atoms with Crippen molar-refractivity contribution in [3.8, 4) is 5.75 Å². The fourth-order valence-electron chi connectivity index (χ4n) is 7.67. The summed E-state index contributed by atoms with van der Waals surface area (Å²) in [5.41, 5.74) is 7.13. The van der Waals surface area contributed by atoms with Crippen molar-refractivity contribution in [1.82, 2.24) is 4.90 Å². The molecular formula is C32H46ClN3O4Ru-. The topological polar surface area (TPSA) is 80.8 Å². The molecule has 1 aliphatic heterocycles. The molecule has 41 heavy (non-hydrogen) atoms. The van der Waals surface area contributed by atoms with E-state index in [0.717, 1.165) is 35.6 Å². The molecule has 5 aliphatic rings. The molecule has 1 saturated heterocycles. The van der Waals surface area contributed by atoms with Gasteiger partial charge in [0.05, 0.1) is 5.39 Å². The number of halogens is 1. The van der Waals surface area contributed by atoms with Crippen molar-refractivity contribution in [1.29, 1.82) is 0 Å². The van der Waals surface area contributed by atoms with E-state index in [1.165, 1.54) is 61.0 Å². The third-order valence-electron chi connectivity index (χ3n) is 8.55. The number of rotatable bonds is 5. The van der Waals surface area contributed by atoms with Crippen LogP contribution in [-0.2, 0) is 15.7 Å². The molecule has 4 aliphatic carbocycles. The number of hydrogen-bond donors (Lipinski definition) is 4. The van der Waals surface area contributed by atoms with Crippen LogP contribution in [0.25, 0.3) is 0 Å². The zero-order chi connectivity index (χ0) is 29.7. The number of ether oxygens (including phenoxy) is 1. The number of hydrogen-bond acceptors (Lipinski definition) is 6. The van der Waals surface area contributed by atoms with Gasteiger partial charge >= 0.3 is 90.3 Å². The molecule has 2 aromatic carbocycles. The molecule has 5 fully saturated rings. The summed E-state index contributed by atoms with van der Waals surface area (Å²) in [5, 5.41) is 19.7. The van der Waals surface area contributed by atoms with Crippen LogP contribution in [0.15, 0.2) is 36.4 Å². The molecule has 229 valence electrons. The predicted octanol–water partition coefficient (Wildman–Crippen LogP) is 5.54. The predicted molar refractivity (Wildman–Crippen MR) is 159 cm³/mol. The van der Waals surface area contributed by atoms with E-state index < -0.39 is 5.39 Å². The Kier molecular flexibility index (Phi) is 11.4. The van der Waals surface area contributed by atoms with Gasteiger partial charge in [0, 0.05) is 12.2 Å². The van der Waals surface area contributed by atoms with Crippen molar-refractivity contribution >= 4 is 20.0 Å². The smallest absolute Gasteiger partial charge is 0.0730 e. The third kappa shape index (κ3) is 8.38. The van der Waals surface area contributed by atoms with Gasteiger partial charge in [0.15, 0.2) is 0 Å². The normalized spacial score (nSPS) is 27.0. The summed E-state index contributed by atoms with van der Waals surface area (Å²) in [7, 11) is 5.72. The van der Waals surface area contributed by atoms with E-state index in [9.17, 15) is 0 Å². The number of nitrogens with one attached hydrogen (secondary N) is 1. The van der Waals surface area contributed by atoms with E-state index in [1.807, 2.05) is 42.7 Å². The molecular weight excluding hydrogens is 627 g/mol. The van der Waals surface area contributed by atoms with Gasteiger partial charge in [-0.3, -0.25) is 0 Å². The molecule has 4 N–H and O–H groups in total. The fourth-order valence-corrected chi connectivity index (χ4v) is 8.78. The Labute approximate surface area is 257 Å². The third-order valence-corrected chi connectivity index (χ3v) is 9.74. The van der Waals surface area contributed by atoms with E-state index in [-0.39, 0.29) is 21.8 Å². The molecule has 2 unspecified atom stereocenters. The Bertz CT molecular complexity index is 1130. The van der Waals surface area contributed by atoms with E-state index >= 15 is 0 Å². The summed E-state index contributed by atoms with van der Waals surface area (Å²) in [6.07, 6.45) is 10.3. The molecule has 0 spiro atoms. The van der Waals surface area contributed by atoms with Crippen LogP contribution in [0.3, 0.4) is 0 Å². The van der Waals surface area contributed by atoms with Crippen LogP contribution in [-0.4, -0.2) is 49.9 Å². The van der Waals surface area contributed by atoms with Gasteiger partial charge in [-0.2, -0.15) is 12.6 Å². The van der Waals surface area contributed by atoms with Gasteiger partial charge in [0.25, 0.3) is 0 Å². The first kappa shape index (κ1) is 32.5. The molecule has 0 aromatic heterocycles. The summed E-state index contributed by atoms with van der Waals surface area (Å²) >= 11 is -0.191. The molecule has 2 atom stereocenters. The van der Waals surface area contributed by atoms with Crippen molar-refractivity contribution in [3.05, 3.63) is 71.7 Å². The second kappa shape index (κ2) is 14.4. The van der Waals surface area contributed by atoms with E-state index in [2.05, 4.69) is 55.8 Å². The Morgan fingerprint density at radius 1 is 1.02 bits per heavy atom. The van der Waals surface area contributed by atoms with Crippen LogP contribution >= 0.6 is 9.69 Å². The molecule has 9 heteroatoms. The van der Waals surface area contributed by atoms with Crippen molar-refractivity contribution in [2.24, 2.45) is 17.8 Å². The maximum absolute atomic E-state index is 7.08. The first-order chi connectivity index (χ1) is 19.5. The Morgan fingerprint density at radius 3 is 2.20 bits per heavy atom. The number of para-hydroxylation sites is 1. The summed E-state index contributed by atoms with van der Waals surface area (Å²) < 4.78 is 7.66. The molecule has 0 amide bonds. The van der Waals surface area contributed by atoms with Crippen molar-refractivity contribution in [2.45, 2.75) is 78.4 Å². The zero-order valence-electron chi connectivity index (χ0n) is 24.8. The molecule has 1 heterocycles. The van der Waals surface area contributed by atoms with E-state index in [4.69, 9.17) is 30.0 Å². The molecule has 4 bridgehead atoms. The number of aryl methyl sites for hydroxylation is 3. The van der Waals surface area contributed by atoms with Crippen LogP contribution in [0.2, 0.25) is 0 Å². The summed E-state index contributed by atoms with van der Waals surface area (Å²) in [6, 6.07) is 12.6. The minimum Gasteiger partial charge on any atom is -0.507 e. The average Bonchev–Trinajstić information content (AvgIpc) is 3.34. The van der Waals surface area contributed by atoms with Gasteiger partial charge in [0.1, 0.15) is 0 Å². The van der Waals surface area contributed by atoms with Crippen LogP contribution in [0.4, 0.5) is 5.69 Å². The van der Waals surface area contributed by atoms with Crippen LogP contribution < -0.4 is 15.0 Å². The molecule has 4 saturated carbocycles. The maximum atomic E-state index is 7.08. The fraction of sp³-hybridized carbons (Fsp3) is 0.531. The summed E-state index contributed by atoms with van der Waals surface area (Å²) in [4.78, 5) is 5.24. The standard InChI is InChI=1S/C22H30N2.C10H12O.ClH.H4NO3.Ru/c1-15-6-16(2)21(17(3)7-15)23-4-5-24(14-23)22-11-18-8-19(12-22)10-20(9-18)13-22;1-8(2)11-10-7-5-4-6-9(10)3;;2-1(3)4;/h6-7,11,14,18-20H,4-5,8-10,12-13H2,1-3H3;3-8H,1-2H3;1H;1-4H;/q-2;;;2*+1/p-1. The maximum Gasteiger partial charge on any atom is 0.0730 e. The summed E-state index contributed by atoms with van der Waals surface area (Å²) in [5.74, 6) is 3.82. The summed E-state index contributed by atoms with van der Waals surface area (Å²) in [6.45, 7) is 15.6. The Hall–Kier alpha value is -1.38. The SMILES string of the molecule is CC(C)Oc1ccccc1[CH]=[Ru][Cl].Cc1cc(C)c(N2[CH-]N(C34[CH-]C5CC(CC(C5)C3)C4)CC2)c(C)c1.O[NH+](O)O. The first-order valence-electron chi connectivity index (χ1n) is 14.6. The number of quaternary nitrogens is 1. The number of nitrogens with zero attached hydrogens (tertiary/aromatic N) is 2. The minimum absolute atomic E-state index is 0.191. The van der Waals surface area contributed by atoms with E-state index in [0.29, 0.717) is 5.54 Å². The molecule has 0 radical (unpaired) electrons. The second-order valence-corrected chi connectivity index (χ2v) is 14.1. The molecule has 2 aromatic rings. The van der Waals surface area contributed by atoms with Gasteiger partial charge in [-0.1, -0.05) is 43.4 Å². The minimum atomic E-state index is -1.58. The molecule has 7 nitrogen and oxygen atoms in total.